The van der Waals surface area contributed by atoms with E-state index in [0.29, 0.717) is 12.1 Å². The van der Waals surface area contributed by atoms with Gasteiger partial charge in [-0.3, -0.25) is 9.78 Å². The van der Waals surface area contributed by atoms with Crippen LogP contribution in [-0.4, -0.2) is 27.4 Å². The molecule has 1 aliphatic rings. The van der Waals surface area contributed by atoms with Crippen LogP contribution in [0.2, 0.25) is 0 Å². The SMILES string of the molecule is O=C(C(O)c1ccccc1)N1CCCC1c1ccncc1. The summed E-state index contributed by atoms with van der Waals surface area (Å²) < 4.78 is 0. The quantitative estimate of drug-likeness (QED) is 0.941. The van der Waals surface area contributed by atoms with Crippen molar-refractivity contribution in [3.8, 4) is 0 Å². The molecule has 3 rings (SSSR count). The molecule has 2 heterocycles. The molecule has 1 N–H and O–H groups in total. The fraction of sp³-hybridized carbons (Fsp3) is 0.294. The molecular formula is C17H18N2O2. The third-order valence-electron chi connectivity index (χ3n) is 3.98. The molecule has 1 aromatic heterocycles. The third kappa shape index (κ3) is 2.81. The highest BCUT2D eigenvalue weighted by Crippen LogP contribution is 2.33. The van der Waals surface area contributed by atoms with Gasteiger partial charge >= 0.3 is 0 Å². The van der Waals surface area contributed by atoms with Gasteiger partial charge in [-0.05, 0) is 36.1 Å². The Morgan fingerprint density at radius 1 is 1.19 bits per heavy atom. The highest BCUT2D eigenvalue weighted by Gasteiger charge is 2.33. The van der Waals surface area contributed by atoms with Crippen LogP contribution in [0.5, 0.6) is 0 Å². The fourth-order valence-electron chi connectivity index (χ4n) is 2.90. The first-order valence-electron chi connectivity index (χ1n) is 7.21. The molecule has 1 amide bonds. The molecule has 108 valence electrons. The summed E-state index contributed by atoms with van der Waals surface area (Å²) in [6.07, 6.45) is 4.28. The van der Waals surface area contributed by atoms with Crippen LogP contribution in [-0.2, 0) is 4.79 Å². The molecule has 1 saturated heterocycles. The largest absolute Gasteiger partial charge is 0.378 e. The molecule has 0 aliphatic carbocycles. The summed E-state index contributed by atoms with van der Waals surface area (Å²) in [5.41, 5.74) is 1.72. The van der Waals surface area contributed by atoms with E-state index < -0.39 is 6.10 Å². The predicted molar refractivity (Wildman–Crippen MR) is 79.3 cm³/mol. The Morgan fingerprint density at radius 2 is 1.90 bits per heavy atom. The van der Waals surface area contributed by atoms with Crippen LogP contribution in [0.4, 0.5) is 0 Å². The number of nitrogens with zero attached hydrogens (tertiary/aromatic N) is 2. The van der Waals surface area contributed by atoms with Crippen LogP contribution in [0.15, 0.2) is 54.9 Å². The van der Waals surface area contributed by atoms with Gasteiger partial charge in [-0.2, -0.15) is 0 Å². The van der Waals surface area contributed by atoms with Crippen LogP contribution >= 0.6 is 0 Å². The molecule has 1 aromatic carbocycles. The van der Waals surface area contributed by atoms with Crippen molar-refractivity contribution in [2.24, 2.45) is 0 Å². The number of carbonyl (C=O) groups excluding carboxylic acids is 1. The second kappa shape index (κ2) is 6.06. The number of hydrogen-bond donors (Lipinski definition) is 1. The monoisotopic (exact) mass is 282 g/mol. The molecule has 2 aromatic rings. The van der Waals surface area contributed by atoms with Crippen LogP contribution in [0.25, 0.3) is 0 Å². The van der Waals surface area contributed by atoms with Crippen LogP contribution < -0.4 is 0 Å². The number of amides is 1. The zero-order valence-electron chi connectivity index (χ0n) is 11.7. The van der Waals surface area contributed by atoms with E-state index in [4.69, 9.17) is 0 Å². The first kappa shape index (κ1) is 13.8. The molecule has 1 fully saturated rings. The average molecular weight is 282 g/mol. The zero-order chi connectivity index (χ0) is 14.7. The number of aromatic nitrogens is 1. The minimum atomic E-state index is -1.09. The Kier molecular flexibility index (Phi) is 3.97. The van der Waals surface area contributed by atoms with E-state index in [1.807, 2.05) is 30.3 Å². The number of pyridine rings is 1. The first-order valence-corrected chi connectivity index (χ1v) is 7.21. The van der Waals surface area contributed by atoms with Gasteiger partial charge in [0.15, 0.2) is 6.10 Å². The smallest absolute Gasteiger partial charge is 0.256 e. The molecule has 21 heavy (non-hydrogen) atoms. The van der Waals surface area contributed by atoms with Gasteiger partial charge in [0.1, 0.15) is 0 Å². The van der Waals surface area contributed by atoms with Crippen molar-refractivity contribution in [3.63, 3.8) is 0 Å². The Labute approximate surface area is 124 Å². The molecule has 0 radical (unpaired) electrons. The van der Waals surface area contributed by atoms with Crippen molar-refractivity contribution in [2.45, 2.75) is 25.0 Å². The molecule has 2 unspecified atom stereocenters. The average Bonchev–Trinajstić information content (AvgIpc) is 3.04. The molecule has 0 spiro atoms. The lowest BCUT2D eigenvalue weighted by Crippen LogP contribution is -2.34. The lowest BCUT2D eigenvalue weighted by Gasteiger charge is -2.27. The van der Waals surface area contributed by atoms with Crippen molar-refractivity contribution in [1.82, 2.24) is 9.88 Å². The normalized spacial score (nSPS) is 19.5. The fourth-order valence-corrected chi connectivity index (χ4v) is 2.90. The molecule has 1 aliphatic heterocycles. The predicted octanol–water partition coefficient (Wildman–Crippen LogP) is 2.48. The van der Waals surface area contributed by atoms with E-state index in [0.717, 1.165) is 18.4 Å². The molecule has 2 atom stereocenters. The van der Waals surface area contributed by atoms with Crippen LogP contribution in [0.1, 0.15) is 36.1 Å². The number of likely N-dealkylation sites (tertiary alicyclic amines) is 1. The highest BCUT2D eigenvalue weighted by atomic mass is 16.3. The molecular weight excluding hydrogens is 264 g/mol. The second-order valence-corrected chi connectivity index (χ2v) is 5.28. The lowest BCUT2D eigenvalue weighted by molar-refractivity contribution is -0.141. The summed E-state index contributed by atoms with van der Waals surface area (Å²) in [5, 5.41) is 10.3. The Morgan fingerprint density at radius 3 is 2.62 bits per heavy atom. The molecule has 4 nitrogen and oxygen atoms in total. The number of hydrogen-bond acceptors (Lipinski definition) is 3. The summed E-state index contributed by atoms with van der Waals surface area (Å²) in [4.78, 5) is 18.4. The third-order valence-corrected chi connectivity index (χ3v) is 3.98. The van der Waals surface area contributed by atoms with Crippen molar-refractivity contribution in [2.75, 3.05) is 6.54 Å². The van der Waals surface area contributed by atoms with Gasteiger partial charge < -0.3 is 10.0 Å². The van der Waals surface area contributed by atoms with E-state index in [1.54, 1.807) is 29.4 Å². The number of carbonyl (C=O) groups is 1. The Bertz CT molecular complexity index is 601. The van der Waals surface area contributed by atoms with Gasteiger partial charge in [-0.15, -0.1) is 0 Å². The summed E-state index contributed by atoms with van der Waals surface area (Å²) in [6, 6.07) is 13.0. The number of benzene rings is 1. The van der Waals surface area contributed by atoms with Crippen molar-refractivity contribution in [1.29, 1.82) is 0 Å². The van der Waals surface area contributed by atoms with E-state index in [-0.39, 0.29) is 11.9 Å². The maximum atomic E-state index is 12.6. The van der Waals surface area contributed by atoms with E-state index >= 15 is 0 Å². The maximum Gasteiger partial charge on any atom is 0.256 e. The van der Waals surface area contributed by atoms with Gasteiger partial charge in [0.25, 0.3) is 5.91 Å². The molecule has 0 saturated carbocycles. The van der Waals surface area contributed by atoms with E-state index in [9.17, 15) is 9.90 Å². The number of aliphatic hydroxyl groups is 1. The Balaban J connectivity index is 1.81. The highest BCUT2D eigenvalue weighted by molar-refractivity contribution is 5.82. The lowest BCUT2D eigenvalue weighted by atomic mass is 10.0. The van der Waals surface area contributed by atoms with Crippen molar-refractivity contribution < 1.29 is 9.90 Å². The standard InChI is InChI=1S/C17H18N2O2/c20-16(14-5-2-1-3-6-14)17(21)19-12-4-7-15(19)13-8-10-18-11-9-13/h1-3,5-6,8-11,15-16,20H,4,7,12H2. The van der Waals surface area contributed by atoms with Crippen LogP contribution in [0.3, 0.4) is 0 Å². The summed E-state index contributed by atoms with van der Waals surface area (Å²) in [6.45, 7) is 0.690. The summed E-state index contributed by atoms with van der Waals surface area (Å²) in [5.74, 6) is -0.222. The molecule has 0 bridgehead atoms. The van der Waals surface area contributed by atoms with Gasteiger partial charge in [-0.25, -0.2) is 0 Å². The zero-order valence-corrected chi connectivity index (χ0v) is 11.7. The van der Waals surface area contributed by atoms with Gasteiger partial charge in [0, 0.05) is 18.9 Å². The second-order valence-electron chi connectivity index (χ2n) is 5.28. The first-order chi connectivity index (χ1) is 10.3. The summed E-state index contributed by atoms with van der Waals surface area (Å²) >= 11 is 0. The van der Waals surface area contributed by atoms with E-state index in [2.05, 4.69) is 4.98 Å². The van der Waals surface area contributed by atoms with Gasteiger partial charge in [0.2, 0.25) is 0 Å². The Hall–Kier alpha value is -2.20. The summed E-state index contributed by atoms with van der Waals surface area (Å²) in [7, 11) is 0. The molecule has 4 heteroatoms. The maximum absolute atomic E-state index is 12.6. The number of aliphatic hydroxyl groups excluding tert-OH is 1. The van der Waals surface area contributed by atoms with Crippen molar-refractivity contribution >= 4 is 5.91 Å². The van der Waals surface area contributed by atoms with Gasteiger partial charge in [0.05, 0.1) is 6.04 Å². The number of rotatable bonds is 3. The van der Waals surface area contributed by atoms with Crippen molar-refractivity contribution in [3.05, 3.63) is 66.0 Å². The minimum Gasteiger partial charge on any atom is -0.378 e. The minimum absolute atomic E-state index is 0.0406. The van der Waals surface area contributed by atoms with Crippen LogP contribution in [0, 0.1) is 0 Å². The van der Waals surface area contributed by atoms with E-state index in [1.165, 1.54) is 0 Å². The van der Waals surface area contributed by atoms with Gasteiger partial charge in [-0.1, -0.05) is 30.3 Å². The topological polar surface area (TPSA) is 53.4 Å².